The summed E-state index contributed by atoms with van der Waals surface area (Å²) < 4.78 is 0.960. The van der Waals surface area contributed by atoms with Crippen LogP contribution < -0.4 is 16.0 Å². The second-order valence-electron chi connectivity index (χ2n) is 2.30. The summed E-state index contributed by atoms with van der Waals surface area (Å²) in [7, 11) is 0. The molecule has 0 saturated carbocycles. The van der Waals surface area contributed by atoms with Crippen molar-refractivity contribution in [1.29, 1.82) is 0 Å². The van der Waals surface area contributed by atoms with Gasteiger partial charge >= 0.3 is 0 Å². The molecule has 0 aliphatic carbocycles. The molecular weight excluding hydrogens is 220 g/mol. The lowest BCUT2D eigenvalue weighted by atomic mass is 10.4. The van der Waals surface area contributed by atoms with Crippen LogP contribution >= 0.6 is 15.9 Å². The molecule has 0 atom stereocenters. The minimum Gasteiger partial charge on any atom is -0.309 e. The van der Waals surface area contributed by atoms with E-state index in [-0.39, 0.29) is 0 Å². The first kappa shape index (κ1) is 7.57. The van der Waals surface area contributed by atoms with Gasteiger partial charge in [0.25, 0.3) is 0 Å². The van der Waals surface area contributed by atoms with E-state index in [1.165, 1.54) is 0 Å². The highest BCUT2D eigenvalue weighted by Gasteiger charge is 2.05. The average Bonchev–Trinajstić information content (AvgIpc) is 2.56. The summed E-state index contributed by atoms with van der Waals surface area (Å²) in [6, 6.07) is 1.97. The smallest absolute Gasteiger partial charge is 0.0783 e. The number of hydrogen-bond acceptors (Lipinski definition) is 4. The Kier molecular flexibility index (Phi) is 1.97. The monoisotopic (exact) mass is 226 g/mol. The van der Waals surface area contributed by atoms with E-state index < -0.39 is 0 Å². The topological polar surface area (TPSA) is 40.2 Å². The molecule has 2 N–H and O–H groups in total. The number of rotatable bonds is 1. The van der Waals surface area contributed by atoms with Gasteiger partial charge in [-0.15, -0.1) is 5.53 Å². The Bertz CT molecular complexity index is 312. The third-order valence-corrected chi connectivity index (χ3v) is 1.89. The summed E-state index contributed by atoms with van der Waals surface area (Å²) in [6.45, 7) is 0. The number of hydrazine groups is 2. The summed E-state index contributed by atoms with van der Waals surface area (Å²) in [6.07, 6.45) is 7.20. The molecule has 1 aromatic heterocycles. The van der Waals surface area contributed by atoms with Crippen LogP contribution in [-0.4, -0.2) is 4.98 Å². The first-order chi connectivity index (χ1) is 5.86. The fourth-order valence-corrected chi connectivity index (χ4v) is 1.29. The highest BCUT2D eigenvalue weighted by atomic mass is 79.9. The van der Waals surface area contributed by atoms with E-state index in [9.17, 15) is 0 Å². The van der Waals surface area contributed by atoms with Crippen molar-refractivity contribution < 1.29 is 0 Å². The standard InChI is InChI=1S/C7H7BrN4/c8-6-3-7(5-9-4-6)12-2-1-10-11-12/h1-5,10-11H. The summed E-state index contributed by atoms with van der Waals surface area (Å²) in [5.41, 5.74) is 6.73. The minimum atomic E-state index is 0.960. The Balaban J connectivity index is 2.27. The molecule has 12 heavy (non-hydrogen) atoms. The third-order valence-electron chi connectivity index (χ3n) is 1.46. The Morgan fingerprint density at radius 1 is 1.42 bits per heavy atom. The lowest BCUT2D eigenvalue weighted by Gasteiger charge is -2.14. The van der Waals surface area contributed by atoms with Crippen LogP contribution in [0, 0.1) is 0 Å². The second kappa shape index (κ2) is 3.12. The summed E-state index contributed by atoms with van der Waals surface area (Å²) in [5, 5.41) is 1.83. The van der Waals surface area contributed by atoms with E-state index in [0.29, 0.717) is 0 Å². The quantitative estimate of drug-likeness (QED) is 0.754. The molecular formula is C7H7BrN4. The molecule has 4 nitrogen and oxygen atoms in total. The SMILES string of the molecule is Brc1cncc(N2C=CNN2)c1. The van der Waals surface area contributed by atoms with Crippen LogP contribution in [0.1, 0.15) is 0 Å². The molecule has 1 aliphatic rings. The van der Waals surface area contributed by atoms with Gasteiger partial charge in [-0.05, 0) is 22.0 Å². The normalized spacial score (nSPS) is 14.9. The van der Waals surface area contributed by atoms with Crippen LogP contribution in [0.15, 0.2) is 35.3 Å². The molecule has 5 heteroatoms. The van der Waals surface area contributed by atoms with Crippen molar-refractivity contribution in [2.75, 3.05) is 5.01 Å². The van der Waals surface area contributed by atoms with Crippen molar-refractivity contribution in [2.24, 2.45) is 0 Å². The Morgan fingerprint density at radius 2 is 2.33 bits per heavy atom. The van der Waals surface area contributed by atoms with Crippen molar-refractivity contribution in [3.63, 3.8) is 0 Å². The molecule has 0 saturated heterocycles. The van der Waals surface area contributed by atoms with Crippen molar-refractivity contribution in [3.8, 4) is 0 Å². The molecule has 0 unspecified atom stereocenters. The molecule has 0 amide bonds. The molecule has 1 aromatic rings. The molecule has 0 aromatic carbocycles. The molecule has 0 fully saturated rings. The molecule has 0 bridgehead atoms. The van der Waals surface area contributed by atoms with Gasteiger partial charge in [-0.2, -0.15) is 0 Å². The van der Waals surface area contributed by atoms with Gasteiger partial charge in [-0.1, -0.05) is 0 Å². The summed E-state index contributed by atoms with van der Waals surface area (Å²) in [4.78, 5) is 4.04. The predicted octanol–water partition coefficient (Wildman–Crippen LogP) is 1.14. The number of pyridine rings is 1. The van der Waals surface area contributed by atoms with Gasteiger partial charge in [0.05, 0.1) is 11.9 Å². The van der Waals surface area contributed by atoms with Crippen LogP contribution in [0.4, 0.5) is 5.69 Å². The summed E-state index contributed by atoms with van der Waals surface area (Å²) in [5.74, 6) is 0. The number of aromatic nitrogens is 1. The van der Waals surface area contributed by atoms with E-state index in [4.69, 9.17) is 0 Å². The van der Waals surface area contributed by atoms with Gasteiger partial charge in [0, 0.05) is 23.1 Å². The van der Waals surface area contributed by atoms with Crippen molar-refractivity contribution in [1.82, 2.24) is 15.9 Å². The molecule has 0 radical (unpaired) electrons. The zero-order valence-electron chi connectivity index (χ0n) is 6.16. The van der Waals surface area contributed by atoms with Gasteiger partial charge in [0.15, 0.2) is 0 Å². The number of hydrogen-bond donors (Lipinski definition) is 2. The van der Waals surface area contributed by atoms with Crippen LogP contribution in [0.5, 0.6) is 0 Å². The van der Waals surface area contributed by atoms with E-state index >= 15 is 0 Å². The van der Waals surface area contributed by atoms with Crippen LogP contribution in [-0.2, 0) is 0 Å². The largest absolute Gasteiger partial charge is 0.309 e. The van der Waals surface area contributed by atoms with E-state index in [0.717, 1.165) is 10.2 Å². The van der Waals surface area contributed by atoms with Crippen molar-refractivity contribution >= 4 is 21.6 Å². The van der Waals surface area contributed by atoms with Gasteiger partial charge in [-0.25, -0.2) is 0 Å². The summed E-state index contributed by atoms with van der Waals surface area (Å²) >= 11 is 3.35. The molecule has 1 aliphatic heterocycles. The lowest BCUT2D eigenvalue weighted by Crippen LogP contribution is -2.35. The molecule has 62 valence electrons. The number of nitrogens with one attached hydrogen (secondary N) is 2. The Labute approximate surface area is 78.4 Å². The maximum absolute atomic E-state index is 4.04. The van der Waals surface area contributed by atoms with Crippen LogP contribution in [0.2, 0.25) is 0 Å². The number of halogens is 1. The zero-order valence-corrected chi connectivity index (χ0v) is 7.75. The molecule has 2 heterocycles. The average molecular weight is 227 g/mol. The first-order valence-electron chi connectivity index (χ1n) is 3.44. The Morgan fingerprint density at radius 3 is 3.00 bits per heavy atom. The highest BCUT2D eigenvalue weighted by molar-refractivity contribution is 9.10. The fraction of sp³-hybridized carbons (Fsp3) is 0. The molecule has 2 rings (SSSR count). The fourth-order valence-electron chi connectivity index (χ4n) is 0.939. The van der Waals surface area contributed by atoms with E-state index in [2.05, 4.69) is 31.9 Å². The second-order valence-corrected chi connectivity index (χ2v) is 3.22. The Hall–Kier alpha value is -1.07. The number of nitrogens with zero attached hydrogens (tertiary/aromatic N) is 2. The van der Waals surface area contributed by atoms with Gasteiger partial charge in [0.2, 0.25) is 0 Å². The number of anilines is 1. The van der Waals surface area contributed by atoms with Gasteiger partial charge in [-0.3, -0.25) is 9.99 Å². The maximum atomic E-state index is 4.04. The minimum absolute atomic E-state index is 0.960. The zero-order chi connectivity index (χ0) is 8.39. The van der Waals surface area contributed by atoms with Gasteiger partial charge in [0.1, 0.15) is 0 Å². The van der Waals surface area contributed by atoms with Crippen molar-refractivity contribution in [2.45, 2.75) is 0 Å². The molecule has 0 spiro atoms. The van der Waals surface area contributed by atoms with Crippen LogP contribution in [0.25, 0.3) is 0 Å². The first-order valence-corrected chi connectivity index (χ1v) is 4.23. The predicted molar refractivity (Wildman–Crippen MR) is 49.8 cm³/mol. The van der Waals surface area contributed by atoms with E-state index in [1.807, 2.05) is 17.3 Å². The maximum Gasteiger partial charge on any atom is 0.0783 e. The van der Waals surface area contributed by atoms with Crippen LogP contribution in [0.3, 0.4) is 0 Å². The third kappa shape index (κ3) is 1.41. The van der Waals surface area contributed by atoms with E-state index in [1.54, 1.807) is 18.6 Å². The van der Waals surface area contributed by atoms with Crippen molar-refractivity contribution in [3.05, 3.63) is 35.3 Å². The highest BCUT2D eigenvalue weighted by Crippen LogP contribution is 2.17. The van der Waals surface area contributed by atoms with Gasteiger partial charge < -0.3 is 5.43 Å². The lowest BCUT2D eigenvalue weighted by molar-refractivity contribution is 0.679.